The molecule has 0 aromatic carbocycles. The molecule has 2 rings (SSSR count). The number of nitrogen functional groups attached to an aromatic ring is 1. The van der Waals surface area contributed by atoms with Crippen LogP contribution in [0.5, 0.6) is 0 Å². The maximum absolute atomic E-state index is 11.5. The van der Waals surface area contributed by atoms with Crippen LogP contribution in [0.1, 0.15) is 25.3 Å². The monoisotopic (exact) mass is 227 g/mol. The molecular formula is C13H13N3O. The van der Waals surface area contributed by atoms with Gasteiger partial charge in [0, 0.05) is 23.3 Å². The van der Waals surface area contributed by atoms with E-state index in [1.165, 1.54) is 19.4 Å². The number of aromatic nitrogens is 2. The third-order valence-electron chi connectivity index (χ3n) is 2.49. The van der Waals surface area contributed by atoms with Gasteiger partial charge >= 0.3 is 0 Å². The molecule has 1 aliphatic carbocycles. The van der Waals surface area contributed by atoms with Crippen LogP contribution in [-0.4, -0.2) is 15.8 Å². The number of nitrogens with zero attached hydrogens (tertiary/aromatic N) is 2. The molecule has 4 nitrogen and oxygen atoms in total. The highest BCUT2D eigenvalue weighted by molar-refractivity contribution is 6.21. The molecule has 0 atom stereocenters. The van der Waals surface area contributed by atoms with Gasteiger partial charge in [-0.2, -0.15) is 0 Å². The summed E-state index contributed by atoms with van der Waals surface area (Å²) in [6, 6.07) is 0. The molecule has 1 aromatic rings. The summed E-state index contributed by atoms with van der Waals surface area (Å²) >= 11 is 0. The molecule has 1 fully saturated rings. The molecule has 4 heteroatoms. The van der Waals surface area contributed by atoms with Crippen LogP contribution in [0.3, 0.4) is 0 Å². The first kappa shape index (κ1) is 11.3. The summed E-state index contributed by atoms with van der Waals surface area (Å²) in [6.45, 7) is 1.48. The molecule has 0 spiro atoms. The number of allylic oxidation sites excluding steroid dienone is 2. The van der Waals surface area contributed by atoms with Gasteiger partial charge < -0.3 is 5.73 Å². The van der Waals surface area contributed by atoms with Gasteiger partial charge in [-0.25, -0.2) is 9.97 Å². The zero-order valence-corrected chi connectivity index (χ0v) is 9.60. The van der Waals surface area contributed by atoms with E-state index in [4.69, 9.17) is 5.73 Å². The number of rotatable bonds is 2. The fraction of sp³-hybridized carbons (Fsp3) is 0.308. The van der Waals surface area contributed by atoms with Gasteiger partial charge in [0.05, 0.1) is 0 Å². The minimum Gasteiger partial charge on any atom is -0.383 e. The van der Waals surface area contributed by atoms with Gasteiger partial charge in [0.25, 0.3) is 0 Å². The van der Waals surface area contributed by atoms with Crippen molar-refractivity contribution in [1.29, 1.82) is 0 Å². The van der Waals surface area contributed by atoms with Crippen LogP contribution < -0.4 is 5.73 Å². The molecule has 1 aromatic heterocycles. The van der Waals surface area contributed by atoms with Gasteiger partial charge in [0.15, 0.2) is 5.78 Å². The number of Topliss-reactive ketones (excluding diaryl/α,β-unsaturated/α-hetero) is 1. The van der Waals surface area contributed by atoms with Gasteiger partial charge in [0.1, 0.15) is 12.1 Å². The second-order valence-corrected chi connectivity index (χ2v) is 4.00. The maximum atomic E-state index is 11.5. The SMILES string of the molecule is CC(=O)/C(=C\C#CC1CC1)c1cncnc1N. The second kappa shape index (κ2) is 4.79. The Kier molecular flexibility index (Phi) is 3.20. The predicted molar refractivity (Wildman–Crippen MR) is 65.6 cm³/mol. The summed E-state index contributed by atoms with van der Waals surface area (Å²) in [4.78, 5) is 19.3. The van der Waals surface area contributed by atoms with Crippen molar-refractivity contribution in [3.05, 3.63) is 24.2 Å². The first-order valence-electron chi connectivity index (χ1n) is 5.46. The molecule has 1 heterocycles. The van der Waals surface area contributed by atoms with Gasteiger partial charge in [-0.15, -0.1) is 0 Å². The Morgan fingerprint density at radius 3 is 2.94 bits per heavy atom. The quantitative estimate of drug-likeness (QED) is 0.613. The van der Waals surface area contributed by atoms with E-state index in [-0.39, 0.29) is 5.78 Å². The Morgan fingerprint density at radius 2 is 2.35 bits per heavy atom. The van der Waals surface area contributed by atoms with E-state index in [1.807, 2.05) is 0 Å². The zero-order chi connectivity index (χ0) is 12.3. The molecule has 2 N–H and O–H groups in total. The molecular weight excluding hydrogens is 214 g/mol. The highest BCUT2D eigenvalue weighted by Gasteiger charge is 2.17. The first-order chi connectivity index (χ1) is 8.18. The zero-order valence-electron chi connectivity index (χ0n) is 9.60. The van der Waals surface area contributed by atoms with Crippen LogP contribution in [-0.2, 0) is 4.79 Å². The molecule has 0 unspecified atom stereocenters. The van der Waals surface area contributed by atoms with Crippen molar-refractivity contribution in [2.75, 3.05) is 5.73 Å². The molecule has 1 saturated carbocycles. The predicted octanol–water partition coefficient (Wildman–Crippen LogP) is 1.44. The normalized spacial score (nSPS) is 15.0. The third kappa shape index (κ3) is 2.91. The van der Waals surface area contributed by atoms with E-state index in [1.54, 1.807) is 6.08 Å². The number of anilines is 1. The second-order valence-electron chi connectivity index (χ2n) is 4.00. The summed E-state index contributed by atoms with van der Waals surface area (Å²) in [5, 5.41) is 0. The number of hydrogen-bond acceptors (Lipinski definition) is 4. The van der Waals surface area contributed by atoms with E-state index < -0.39 is 0 Å². The third-order valence-corrected chi connectivity index (χ3v) is 2.49. The Bertz CT molecular complexity index is 533. The molecule has 17 heavy (non-hydrogen) atoms. The van der Waals surface area contributed by atoms with Crippen LogP contribution in [0.4, 0.5) is 5.82 Å². The van der Waals surface area contributed by atoms with E-state index in [0.29, 0.717) is 22.9 Å². The molecule has 86 valence electrons. The fourth-order valence-corrected chi connectivity index (χ4v) is 1.37. The summed E-state index contributed by atoms with van der Waals surface area (Å²) in [6.07, 6.45) is 6.82. The van der Waals surface area contributed by atoms with Crippen molar-refractivity contribution in [3.63, 3.8) is 0 Å². The lowest BCUT2D eigenvalue weighted by Gasteiger charge is -2.03. The molecule has 0 amide bonds. The summed E-state index contributed by atoms with van der Waals surface area (Å²) in [7, 11) is 0. The van der Waals surface area contributed by atoms with Crippen molar-refractivity contribution in [2.45, 2.75) is 19.8 Å². The number of hydrogen-bond donors (Lipinski definition) is 1. The average Bonchev–Trinajstić information content (AvgIpc) is 3.09. The number of carbonyl (C=O) groups excluding carboxylic acids is 1. The molecule has 0 aliphatic heterocycles. The van der Waals surface area contributed by atoms with Crippen molar-refractivity contribution in [3.8, 4) is 11.8 Å². The molecule has 1 aliphatic rings. The number of carbonyl (C=O) groups is 1. The number of nitrogens with two attached hydrogens (primary N) is 1. The first-order valence-corrected chi connectivity index (χ1v) is 5.46. The van der Waals surface area contributed by atoms with Crippen molar-refractivity contribution in [1.82, 2.24) is 9.97 Å². The lowest BCUT2D eigenvalue weighted by atomic mass is 10.0. The molecule has 0 radical (unpaired) electrons. The minimum absolute atomic E-state index is 0.0865. The van der Waals surface area contributed by atoms with Crippen molar-refractivity contribution in [2.24, 2.45) is 5.92 Å². The largest absolute Gasteiger partial charge is 0.383 e. The van der Waals surface area contributed by atoms with Gasteiger partial charge in [0.2, 0.25) is 0 Å². The highest BCUT2D eigenvalue weighted by Crippen LogP contribution is 2.27. The topological polar surface area (TPSA) is 68.9 Å². The number of ketones is 1. The molecule has 0 bridgehead atoms. The van der Waals surface area contributed by atoms with Crippen LogP contribution in [0.15, 0.2) is 18.6 Å². The van der Waals surface area contributed by atoms with Gasteiger partial charge in [-0.1, -0.05) is 11.8 Å². The average molecular weight is 227 g/mol. The van der Waals surface area contributed by atoms with Crippen LogP contribution >= 0.6 is 0 Å². The van der Waals surface area contributed by atoms with E-state index in [9.17, 15) is 4.79 Å². The van der Waals surface area contributed by atoms with Gasteiger partial charge in [-0.3, -0.25) is 4.79 Å². The maximum Gasteiger partial charge on any atom is 0.161 e. The summed E-state index contributed by atoms with van der Waals surface area (Å²) in [5.74, 6) is 6.70. The lowest BCUT2D eigenvalue weighted by Crippen LogP contribution is -2.03. The standard InChI is InChI=1S/C13H13N3O/c1-9(17)11(4-2-3-10-5-6-10)12-7-15-8-16-13(12)14/h4,7-8,10H,5-6H2,1H3,(H2,14,15,16)/b11-4+. The van der Waals surface area contributed by atoms with Crippen LogP contribution in [0.25, 0.3) is 5.57 Å². The molecule has 0 saturated heterocycles. The summed E-state index contributed by atoms with van der Waals surface area (Å²) < 4.78 is 0. The Balaban J connectivity index is 2.32. The van der Waals surface area contributed by atoms with Crippen molar-refractivity contribution < 1.29 is 4.79 Å². The Labute approximate surface area is 100.0 Å². The fourth-order valence-electron chi connectivity index (χ4n) is 1.37. The highest BCUT2D eigenvalue weighted by atomic mass is 16.1. The van der Waals surface area contributed by atoms with E-state index in [0.717, 1.165) is 12.8 Å². The van der Waals surface area contributed by atoms with Crippen LogP contribution in [0.2, 0.25) is 0 Å². The Morgan fingerprint density at radius 1 is 1.59 bits per heavy atom. The Hall–Kier alpha value is -2.15. The lowest BCUT2D eigenvalue weighted by molar-refractivity contribution is -0.111. The van der Waals surface area contributed by atoms with E-state index in [2.05, 4.69) is 21.8 Å². The van der Waals surface area contributed by atoms with E-state index >= 15 is 0 Å². The van der Waals surface area contributed by atoms with Crippen LogP contribution in [0, 0.1) is 17.8 Å². The summed E-state index contributed by atoms with van der Waals surface area (Å²) in [5.41, 5.74) is 6.73. The van der Waals surface area contributed by atoms with Crippen molar-refractivity contribution >= 4 is 17.2 Å². The smallest absolute Gasteiger partial charge is 0.161 e. The van der Waals surface area contributed by atoms with Gasteiger partial charge in [-0.05, 0) is 25.8 Å². The minimum atomic E-state index is -0.0865.